The number of amides is 1. The summed E-state index contributed by atoms with van der Waals surface area (Å²) in [6.07, 6.45) is 2.17. The molecular formula is C15H21N3O3. The number of nitrogens with zero attached hydrogens (tertiary/aromatic N) is 3. The topological polar surface area (TPSA) is 73.7 Å². The van der Waals surface area contributed by atoms with E-state index in [2.05, 4.69) is 4.98 Å². The first-order chi connectivity index (χ1) is 9.88. The summed E-state index contributed by atoms with van der Waals surface area (Å²) in [7, 11) is 3.77. The predicted molar refractivity (Wildman–Crippen MR) is 79.4 cm³/mol. The molecule has 1 fully saturated rings. The van der Waals surface area contributed by atoms with Crippen LogP contribution in [0.1, 0.15) is 23.7 Å². The molecule has 6 nitrogen and oxygen atoms in total. The summed E-state index contributed by atoms with van der Waals surface area (Å²) < 4.78 is 0. The number of aromatic nitrogens is 1. The lowest BCUT2D eigenvalue weighted by atomic mass is 9.90. The number of carboxylic acid groups (broad SMARTS) is 1. The Hall–Kier alpha value is -2.11. The van der Waals surface area contributed by atoms with Gasteiger partial charge in [0.15, 0.2) is 0 Å². The SMILES string of the molecule is CC1CC(C(=O)O)CN(C(=O)c2ccc(N(C)C)nc2)C1. The second-order valence-electron chi connectivity index (χ2n) is 5.89. The average Bonchev–Trinajstić information content (AvgIpc) is 2.45. The smallest absolute Gasteiger partial charge is 0.308 e. The van der Waals surface area contributed by atoms with Gasteiger partial charge in [-0.05, 0) is 24.5 Å². The van der Waals surface area contributed by atoms with Crippen LogP contribution in [0.5, 0.6) is 0 Å². The summed E-state index contributed by atoms with van der Waals surface area (Å²) >= 11 is 0. The number of carboxylic acids is 1. The zero-order chi connectivity index (χ0) is 15.6. The number of aliphatic carboxylic acids is 1. The minimum atomic E-state index is -0.833. The molecule has 1 aromatic heterocycles. The first-order valence-corrected chi connectivity index (χ1v) is 7.04. The zero-order valence-electron chi connectivity index (χ0n) is 12.6. The molecule has 21 heavy (non-hydrogen) atoms. The van der Waals surface area contributed by atoms with Gasteiger partial charge in [0.25, 0.3) is 5.91 Å². The summed E-state index contributed by atoms with van der Waals surface area (Å²) in [5.74, 6) is -0.488. The lowest BCUT2D eigenvalue weighted by Crippen LogP contribution is -2.45. The molecule has 1 aromatic rings. The van der Waals surface area contributed by atoms with Gasteiger partial charge in [-0.25, -0.2) is 4.98 Å². The van der Waals surface area contributed by atoms with E-state index < -0.39 is 11.9 Å². The van der Waals surface area contributed by atoms with Gasteiger partial charge in [-0.1, -0.05) is 6.92 Å². The van der Waals surface area contributed by atoms with E-state index in [-0.39, 0.29) is 18.4 Å². The molecule has 1 aliphatic heterocycles. The lowest BCUT2D eigenvalue weighted by Gasteiger charge is -2.34. The molecule has 2 atom stereocenters. The highest BCUT2D eigenvalue weighted by Gasteiger charge is 2.32. The van der Waals surface area contributed by atoms with Crippen molar-refractivity contribution in [2.45, 2.75) is 13.3 Å². The van der Waals surface area contributed by atoms with E-state index >= 15 is 0 Å². The molecule has 0 aromatic carbocycles. The van der Waals surface area contributed by atoms with Crippen LogP contribution in [0.2, 0.25) is 0 Å². The van der Waals surface area contributed by atoms with Crippen LogP contribution in [0.15, 0.2) is 18.3 Å². The summed E-state index contributed by atoms with van der Waals surface area (Å²) in [5, 5.41) is 9.17. The minimum absolute atomic E-state index is 0.148. The number of carbonyl (C=O) groups is 2. The standard InChI is InChI=1S/C15H21N3O3/c1-10-6-12(15(20)21)9-18(8-10)14(19)11-4-5-13(16-7-11)17(2)3/h4-5,7,10,12H,6,8-9H2,1-3H3,(H,20,21). The van der Waals surface area contributed by atoms with Crippen LogP contribution in [0.25, 0.3) is 0 Å². The number of likely N-dealkylation sites (tertiary alicyclic amines) is 1. The van der Waals surface area contributed by atoms with Crippen LogP contribution in [0, 0.1) is 11.8 Å². The Kier molecular flexibility index (Phi) is 4.45. The number of pyridine rings is 1. The predicted octanol–water partition coefficient (Wildman–Crippen LogP) is 1.33. The molecule has 0 aliphatic carbocycles. The molecular weight excluding hydrogens is 270 g/mol. The van der Waals surface area contributed by atoms with Crippen LogP contribution in [0.4, 0.5) is 5.82 Å². The summed E-state index contributed by atoms with van der Waals surface area (Å²) in [6, 6.07) is 3.52. The maximum Gasteiger partial charge on any atom is 0.308 e. The summed E-state index contributed by atoms with van der Waals surface area (Å²) in [4.78, 5) is 31.4. The fraction of sp³-hybridized carbons (Fsp3) is 0.533. The van der Waals surface area contributed by atoms with Gasteiger partial charge in [0.1, 0.15) is 5.82 Å². The highest BCUT2D eigenvalue weighted by molar-refractivity contribution is 5.94. The molecule has 2 rings (SSSR count). The normalized spacial score (nSPS) is 22.0. The molecule has 6 heteroatoms. The van der Waals surface area contributed by atoms with E-state index in [9.17, 15) is 9.59 Å². The minimum Gasteiger partial charge on any atom is -0.481 e. The van der Waals surface area contributed by atoms with E-state index in [4.69, 9.17) is 5.11 Å². The van der Waals surface area contributed by atoms with Gasteiger partial charge in [0.2, 0.25) is 0 Å². The third-order valence-electron chi connectivity index (χ3n) is 3.75. The highest BCUT2D eigenvalue weighted by atomic mass is 16.4. The number of anilines is 1. The number of hydrogen-bond acceptors (Lipinski definition) is 4. The Labute approximate surface area is 124 Å². The van der Waals surface area contributed by atoms with Crippen LogP contribution in [-0.4, -0.2) is 54.1 Å². The van der Waals surface area contributed by atoms with E-state index in [1.807, 2.05) is 25.9 Å². The van der Waals surface area contributed by atoms with Crippen LogP contribution in [-0.2, 0) is 4.79 Å². The molecule has 0 radical (unpaired) electrons. The fourth-order valence-corrected chi connectivity index (χ4v) is 2.66. The first kappa shape index (κ1) is 15.3. The first-order valence-electron chi connectivity index (χ1n) is 7.04. The number of carbonyl (C=O) groups excluding carboxylic acids is 1. The van der Waals surface area contributed by atoms with Crippen molar-refractivity contribution < 1.29 is 14.7 Å². The third-order valence-corrected chi connectivity index (χ3v) is 3.75. The van der Waals surface area contributed by atoms with Gasteiger partial charge in [0.05, 0.1) is 11.5 Å². The average molecular weight is 291 g/mol. The van der Waals surface area contributed by atoms with Gasteiger partial charge in [-0.15, -0.1) is 0 Å². The molecule has 1 aliphatic rings. The van der Waals surface area contributed by atoms with E-state index in [0.29, 0.717) is 18.5 Å². The van der Waals surface area contributed by atoms with Gasteiger partial charge >= 0.3 is 5.97 Å². The van der Waals surface area contributed by atoms with E-state index in [0.717, 1.165) is 5.82 Å². The summed E-state index contributed by atoms with van der Waals surface area (Å²) in [6.45, 7) is 2.84. The Balaban J connectivity index is 2.13. The van der Waals surface area contributed by atoms with Crippen molar-refractivity contribution in [2.24, 2.45) is 11.8 Å². The largest absolute Gasteiger partial charge is 0.481 e. The molecule has 2 heterocycles. The maximum absolute atomic E-state index is 12.5. The lowest BCUT2D eigenvalue weighted by molar-refractivity contribution is -0.143. The number of piperidine rings is 1. The molecule has 1 N–H and O–H groups in total. The second kappa shape index (κ2) is 6.11. The number of hydrogen-bond donors (Lipinski definition) is 1. The highest BCUT2D eigenvalue weighted by Crippen LogP contribution is 2.23. The van der Waals surface area contributed by atoms with Crippen molar-refractivity contribution in [1.29, 1.82) is 0 Å². The Morgan fingerprint density at radius 1 is 1.33 bits per heavy atom. The molecule has 0 spiro atoms. The molecule has 1 amide bonds. The monoisotopic (exact) mass is 291 g/mol. The van der Waals surface area contributed by atoms with Crippen molar-refractivity contribution in [3.8, 4) is 0 Å². The van der Waals surface area contributed by atoms with Crippen molar-refractivity contribution >= 4 is 17.7 Å². The Morgan fingerprint density at radius 3 is 2.57 bits per heavy atom. The quantitative estimate of drug-likeness (QED) is 0.909. The van der Waals surface area contributed by atoms with Crippen molar-refractivity contribution in [3.63, 3.8) is 0 Å². The van der Waals surface area contributed by atoms with Crippen molar-refractivity contribution in [2.75, 3.05) is 32.1 Å². The maximum atomic E-state index is 12.5. The fourth-order valence-electron chi connectivity index (χ4n) is 2.66. The van der Waals surface area contributed by atoms with Gasteiger partial charge < -0.3 is 14.9 Å². The van der Waals surface area contributed by atoms with Crippen molar-refractivity contribution in [1.82, 2.24) is 9.88 Å². The number of rotatable bonds is 3. The molecule has 1 saturated heterocycles. The third kappa shape index (κ3) is 3.51. The zero-order valence-corrected chi connectivity index (χ0v) is 12.6. The molecule has 2 unspecified atom stereocenters. The second-order valence-corrected chi connectivity index (χ2v) is 5.89. The van der Waals surface area contributed by atoms with E-state index in [1.165, 1.54) is 0 Å². The van der Waals surface area contributed by atoms with Gasteiger partial charge in [-0.2, -0.15) is 0 Å². The Bertz CT molecular complexity index is 527. The van der Waals surface area contributed by atoms with Crippen LogP contribution < -0.4 is 4.90 Å². The molecule has 0 bridgehead atoms. The van der Waals surface area contributed by atoms with Gasteiger partial charge in [0, 0.05) is 33.4 Å². The van der Waals surface area contributed by atoms with Crippen LogP contribution in [0.3, 0.4) is 0 Å². The van der Waals surface area contributed by atoms with Gasteiger partial charge in [-0.3, -0.25) is 9.59 Å². The molecule has 0 saturated carbocycles. The van der Waals surface area contributed by atoms with Crippen LogP contribution >= 0.6 is 0 Å². The summed E-state index contributed by atoms with van der Waals surface area (Å²) in [5.41, 5.74) is 0.499. The van der Waals surface area contributed by atoms with E-state index in [1.54, 1.807) is 23.2 Å². The van der Waals surface area contributed by atoms with Crippen molar-refractivity contribution in [3.05, 3.63) is 23.9 Å². The Morgan fingerprint density at radius 2 is 2.05 bits per heavy atom. The molecule has 114 valence electrons.